The summed E-state index contributed by atoms with van der Waals surface area (Å²) in [5.74, 6) is -1.87. The Labute approximate surface area is 129 Å². The van der Waals surface area contributed by atoms with Crippen molar-refractivity contribution in [1.29, 1.82) is 0 Å². The van der Waals surface area contributed by atoms with Gasteiger partial charge in [-0.15, -0.1) is 0 Å². The highest BCUT2D eigenvalue weighted by Gasteiger charge is 2.18. The maximum absolute atomic E-state index is 12.0. The van der Waals surface area contributed by atoms with Gasteiger partial charge in [0.05, 0.1) is 28.2 Å². The van der Waals surface area contributed by atoms with E-state index in [0.29, 0.717) is 5.69 Å². The average molecular weight is 326 g/mol. The Morgan fingerprint density at radius 2 is 1.95 bits per heavy atom. The molecule has 0 saturated carbocycles. The number of anilines is 2. The van der Waals surface area contributed by atoms with Crippen LogP contribution in [0.1, 0.15) is 20.8 Å². The Morgan fingerprint density at radius 1 is 1.24 bits per heavy atom. The predicted octanol–water partition coefficient (Wildman–Crippen LogP) is 2.92. The lowest BCUT2D eigenvalue weighted by atomic mass is 10.1. The number of carboxylic acid groups (broad SMARTS) is 1. The molecule has 0 unspecified atom stereocenters. The Hall–Kier alpha value is -2.31. The van der Waals surface area contributed by atoms with Crippen molar-refractivity contribution in [3.05, 3.63) is 51.8 Å². The Bertz CT molecular complexity index is 717. The number of halogens is 2. The summed E-state index contributed by atoms with van der Waals surface area (Å²) >= 11 is 11.7. The number of carbonyl (C=O) groups is 2. The number of nitrogens with zero attached hydrogens (tertiary/aromatic N) is 1. The molecule has 0 aliphatic carbocycles. The van der Waals surface area contributed by atoms with Gasteiger partial charge in [0, 0.05) is 5.02 Å². The van der Waals surface area contributed by atoms with E-state index < -0.39 is 11.9 Å². The first kappa shape index (κ1) is 15.1. The average Bonchev–Trinajstić information content (AvgIpc) is 2.41. The number of rotatable bonds is 3. The molecular weight excluding hydrogens is 317 g/mol. The van der Waals surface area contributed by atoms with Crippen molar-refractivity contribution < 1.29 is 14.7 Å². The van der Waals surface area contributed by atoms with Crippen molar-refractivity contribution in [3.63, 3.8) is 0 Å². The summed E-state index contributed by atoms with van der Waals surface area (Å²) in [6.45, 7) is 0. The van der Waals surface area contributed by atoms with Crippen molar-refractivity contribution >= 4 is 46.5 Å². The van der Waals surface area contributed by atoms with E-state index >= 15 is 0 Å². The maximum Gasteiger partial charge on any atom is 0.337 e. The molecule has 0 atom stereocenters. The molecule has 8 heteroatoms. The zero-order valence-corrected chi connectivity index (χ0v) is 11.9. The first-order valence-corrected chi connectivity index (χ1v) is 6.39. The zero-order valence-electron chi connectivity index (χ0n) is 10.4. The summed E-state index contributed by atoms with van der Waals surface area (Å²) in [5, 5.41) is 11.7. The smallest absolute Gasteiger partial charge is 0.337 e. The molecule has 0 bridgehead atoms. The van der Waals surface area contributed by atoms with Crippen molar-refractivity contribution in [1.82, 2.24) is 4.98 Å². The van der Waals surface area contributed by atoms with Gasteiger partial charge in [0.15, 0.2) is 0 Å². The fourth-order valence-corrected chi connectivity index (χ4v) is 2.13. The third kappa shape index (κ3) is 3.42. The Balaban J connectivity index is 2.37. The molecule has 4 N–H and O–H groups in total. The molecule has 6 nitrogen and oxygen atoms in total. The van der Waals surface area contributed by atoms with Gasteiger partial charge in [0.1, 0.15) is 5.69 Å². The van der Waals surface area contributed by atoms with Crippen molar-refractivity contribution in [2.24, 2.45) is 0 Å². The lowest BCUT2D eigenvalue weighted by Gasteiger charge is -2.11. The first-order valence-electron chi connectivity index (χ1n) is 5.63. The second-order valence-electron chi connectivity index (χ2n) is 4.05. The van der Waals surface area contributed by atoms with Gasteiger partial charge < -0.3 is 16.2 Å². The summed E-state index contributed by atoms with van der Waals surface area (Å²) in [7, 11) is 0. The molecule has 0 aliphatic rings. The summed E-state index contributed by atoms with van der Waals surface area (Å²) in [4.78, 5) is 27.1. The molecule has 0 aliphatic heterocycles. The van der Waals surface area contributed by atoms with Crippen LogP contribution in [-0.2, 0) is 0 Å². The number of nitrogens with two attached hydrogens (primary N) is 1. The second kappa shape index (κ2) is 5.99. The quantitative estimate of drug-likeness (QED) is 0.804. The number of hydrogen-bond acceptors (Lipinski definition) is 4. The SMILES string of the molecule is Nc1ccc(C(=O)Nc2c(Cl)cc(Cl)cc2C(=O)O)nc1. The van der Waals surface area contributed by atoms with Crippen LogP contribution < -0.4 is 11.1 Å². The first-order chi connectivity index (χ1) is 9.88. The topological polar surface area (TPSA) is 105 Å². The number of carboxylic acids is 1. The maximum atomic E-state index is 12.0. The van der Waals surface area contributed by atoms with Crippen molar-refractivity contribution in [2.45, 2.75) is 0 Å². The molecule has 0 spiro atoms. The summed E-state index contributed by atoms with van der Waals surface area (Å²) in [6, 6.07) is 5.45. The normalized spacial score (nSPS) is 10.2. The molecule has 108 valence electrons. The lowest BCUT2D eigenvalue weighted by molar-refractivity contribution is 0.0698. The van der Waals surface area contributed by atoms with E-state index in [1.165, 1.54) is 30.5 Å². The van der Waals surface area contributed by atoms with Crippen LogP contribution in [0.25, 0.3) is 0 Å². The minimum absolute atomic E-state index is 0.0173. The fraction of sp³-hybridized carbons (Fsp3) is 0. The molecule has 1 amide bonds. The number of aromatic nitrogens is 1. The molecule has 1 aromatic carbocycles. The van der Waals surface area contributed by atoms with Crippen LogP contribution in [0.5, 0.6) is 0 Å². The number of hydrogen-bond donors (Lipinski definition) is 3. The summed E-state index contributed by atoms with van der Waals surface area (Å²) in [6.07, 6.45) is 1.32. The summed E-state index contributed by atoms with van der Waals surface area (Å²) < 4.78 is 0. The van der Waals surface area contributed by atoms with E-state index in [1.54, 1.807) is 0 Å². The van der Waals surface area contributed by atoms with Gasteiger partial charge in [0.25, 0.3) is 5.91 Å². The van der Waals surface area contributed by atoms with E-state index in [0.717, 1.165) is 0 Å². The molecule has 1 heterocycles. The van der Waals surface area contributed by atoms with Crippen LogP contribution in [-0.4, -0.2) is 22.0 Å². The Kier molecular flexibility index (Phi) is 4.30. The van der Waals surface area contributed by atoms with Crippen molar-refractivity contribution in [2.75, 3.05) is 11.1 Å². The van der Waals surface area contributed by atoms with Crippen LogP contribution in [0.2, 0.25) is 10.0 Å². The van der Waals surface area contributed by atoms with Crippen LogP contribution in [0.15, 0.2) is 30.5 Å². The molecule has 2 aromatic rings. The summed E-state index contributed by atoms with van der Waals surface area (Å²) in [5.41, 5.74) is 5.70. The highest BCUT2D eigenvalue weighted by Crippen LogP contribution is 2.30. The molecular formula is C13H9Cl2N3O3. The Morgan fingerprint density at radius 3 is 2.52 bits per heavy atom. The molecule has 0 radical (unpaired) electrons. The number of amides is 1. The second-order valence-corrected chi connectivity index (χ2v) is 4.89. The molecule has 1 aromatic heterocycles. The van der Waals surface area contributed by atoms with Crippen LogP contribution in [0.4, 0.5) is 11.4 Å². The third-order valence-corrected chi connectivity index (χ3v) is 3.06. The van der Waals surface area contributed by atoms with Crippen molar-refractivity contribution in [3.8, 4) is 0 Å². The van der Waals surface area contributed by atoms with Crippen LogP contribution in [0, 0.1) is 0 Å². The molecule has 0 saturated heterocycles. The molecule has 0 fully saturated rings. The van der Waals surface area contributed by atoms with Gasteiger partial charge in [-0.1, -0.05) is 23.2 Å². The number of pyridine rings is 1. The predicted molar refractivity (Wildman–Crippen MR) is 80.0 cm³/mol. The van der Waals surface area contributed by atoms with Gasteiger partial charge in [-0.05, 0) is 24.3 Å². The van der Waals surface area contributed by atoms with Gasteiger partial charge in [-0.25, -0.2) is 9.78 Å². The highest BCUT2D eigenvalue weighted by atomic mass is 35.5. The van der Waals surface area contributed by atoms with E-state index in [-0.39, 0.29) is 27.0 Å². The van der Waals surface area contributed by atoms with E-state index in [4.69, 9.17) is 34.0 Å². The van der Waals surface area contributed by atoms with Crippen LogP contribution >= 0.6 is 23.2 Å². The number of aromatic carboxylic acids is 1. The minimum atomic E-state index is -1.26. The van der Waals surface area contributed by atoms with Gasteiger partial charge in [-0.2, -0.15) is 0 Å². The standard InChI is InChI=1S/C13H9Cl2N3O3/c14-6-3-8(13(20)21)11(9(15)4-6)18-12(19)10-2-1-7(16)5-17-10/h1-5H,16H2,(H,18,19)(H,20,21). The van der Waals surface area contributed by atoms with E-state index in [2.05, 4.69) is 10.3 Å². The number of benzene rings is 1. The zero-order chi connectivity index (χ0) is 15.6. The van der Waals surface area contributed by atoms with Gasteiger partial charge in [-0.3, -0.25) is 4.79 Å². The third-order valence-electron chi connectivity index (χ3n) is 2.54. The number of nitrogens with one attached hydrogen (secondary N) is 1. The minimum Gasteiger partial charge on any atom is -0.478 e. The number of nitrogen functional groups attached to an aromatic ring is 1. The van der Waals surface area contributed by atoms with Gasteiger partial charge >= 0.3 is 5.97 Å². The van der Waals surface area contributed by atoms with Gasteiger partial charge in [0.2, 0.25) is 0 Å². The lowest BCUT2D eigenvalue weighted by Crippen LogP contribution is -2.16. The highest BCUT2D eigenvalue weighted by molar-refractivity contribution is 6.38. The van der Waals surface area contributed by atoms with Crippen LogP contribution in [0.3, 0.4) is 0 Å². The fourth-order valence-electron chi connectivity index (χ4n) is 1.59. The largest absolute Gasteiger partial charge is 0.478 e. The number of carbonyl (C=O) groups excluding carboxylic acids is 1. The monoisotopic (exact) mass is 325 g/mol. The molecule has 2 rings (SSSR count). The molecule has 21 heavy (non-hydrogen) atoms. The van der Waals surface area contributed by atoms with E-state index in [9.17, 15) is 9.59 Å². The van der Waals surface area contributed by atoms with E-state index in [1.807, 2.05) is 0 Å².